The Morgan fingerprint density at radius 1 is 0.774 bits per heavy atom. The zero-order valence-electron chi connectivity index (χ0n) is 16.3. The largest absolute Gasteiger partial charge is 0.268 e. The highest BCUT2D eigenvalue weighted by molar-refractivity contribution is 6.35. The normalized spacial score (nSPS) is 11.5. The molecule has 0 amide bonds. The second-order valence-corrected chi connectivity index (χ2v) is 8.00. The molecule has 0 radical (unpaired) electrons. The Bertz CT molecular complexity index is 1540. The minimum Gasteiger partial charge on any atom is -0.268 e. The van der Waals surface area contributed by atoms with Crippen molar-refractivity contribution >= 4 is 57.0 Å². The summed E-state index contributed by atoms with van der Waals surface area (Å²) < 4.78 is 1.63. The standard InChI is InChI=1S/C26H16Cl2N2O/c27-20-12-9-18(23(28)16-20)11-14-25-29-24-8-4-3-7-22(24)26(31)30(25)21-13-10-17-5-1-2-6-19(17)15-21/h1-16H/b14-11+. The molecule has 0 bridgehead atoms. The lowest BCUT2D eigenvalue weighted by Crippen LogP contribution is -2.22. The maximum absolute atomic E-state index is 13.5. The summed E-state index contributed by atoms with van der Waals surface area (Å²) in [4.78, 5) is 18.2. The van der Waals surface area contributed by atoms with Gasteiger partial charge in [-0.25, -0.2) is 4.98 Å². The molecule has 0 saturated heterocycles. The van der Waals surface area contributed by atoms with Crippen LogP contribution in [0.15, 0.2) is 89.7 Å². The zero-order valence-corrected chi connectivity index (χ0v) is 17.8. The van der Waals surface area contributed by atoms with Crippen LogP contribution in [0.4, 0.5) is 0 Å². The van der Waals surface area contributed by atoms with E-state index in [0.717, 1.165) is 22.0 Å². The van der Waals surface area contributed by atoms with Crippen molar-refractivity contribution in [2.75, 3.05) is 0 Å². The number of fused-ring (bicyclic) bond motifs is 2. The number of hydrogen-bond acceptors (Lipinski definition) is 2. The van der Waals surface area contributed by atoms with Crippen LogP contribution in [0.3, 0.4) is 0 Å². The van der Waals surface area contributed by atoms with Gasteiger partial charge >= 0.3 is 0 Å². The van der Waals surface area contributed by atoms with Crippen LogP contribution in [0.1, 0.15) is 11.4 Å². The van der Waals surface area contributed by atoms with Crippen LogP contribution in [0.2, 0.25) is 10.0 Å². The van der Waals surface area contributed by atoms with E-state index in [0.29, 0.717) is 26.8 Å². The van der Waals surface area contributed by atoms with Crippen LogP contribution < -0.4 is 5.56 Å². The fourth-order valence-electron chi connectivity index (χ4n) is 3.63. The molecule has 0 aliphatic rings. The van der Waals surface area contributed by atoms with Gasteiger partial charge in [0.2, 0.25) is 0 Å². The molecule has 4 aromatic carbocycles. The molecular formula is C26H16Cl2N2O. The molecular weight excluding hydrogens is 427 g/mol. The molecule has 0 spiro atoms. The SMILES string of the molecule is O=c1c2ccccc2nc(/C=C/c2ccc(Cl)cc2Cl)n1-c1ccc2ccccc2c1. The van der Waals surface area contributed by atoms with Crippen molar-refractivity contribution in [2.45, 2.75) is 0 Å². The molecule has 1 aromatic heterocycles. The van der Waals surface area contributed by atoms with Crippen LogP contribution in [-0.2, 0) is 0 Å². The summed E-state index contributed by atoms with van der Waals surface area (Å²) in [5.41, 5.74) is 2.07. The summed E-state index contributed by atoms with van der Waals surface area (Å²) in [6, 6.07) is 26.7. The topological polar surface area (TPSA) is 34.9 Å². The van der Waals surface area contributed by atoms with Crippen molar-refractivity contribution in [1.82, 2.24) is 9.55 Å². The average Bonchev–Trinajstić information content (AvgIpc) is 2.78. The Kier molecular flexibility index (Phi) is 5.06. The molecule has 5 aromatic rings. The quantitative estimate of drug-likeness (QED) is 0.301. The Hall–Kier alpha value is -3.40. The van der Waals surface area contributed by atoms with Gasteiger partial charge in [-0.3, -0.25) is 9.36 Å². The lowest BCUT2D eigenvalue weighted by atomic mass is 10.1. The molecule has 0 N–H and O–H groups in total. The number of benzene rings is 4. The van der Waals surface area contributed by atoms with E-state index in [4.69, 9.17) is 28.2 Å². The first kappa shape index (κ1) is 19.6. The van der Waals surface area contributed by atoms with E-state index in [9.17, 15) is 4.79 Å². The molecule has 0 aliphatic heterocycles. The number of halogens is 2. The molecule has 0 unspecified atom stereocenters. The summed E-state index contributed by atoms with van der Waals surface area (Å²) in [6.45, 7) is 0. The summed E-state index contributed by atoms with van der Waals surface area (Å²) in [6.07, 6.45) is 3.64. The summed E-state index contributed by atoms with van der Waals surface area (Å²) in [7, 11) is 0. The van der Waals surface area contributed by atoms with E-state index < -0.39 is 0 Å². The van der Waals surface area contributed by atoms with Crippen LogP contribution in [0.25, 0.3) is 39.5 Å². The third-order valence-corrected chi connectivity index (χ3v) is 5.73. The molecule has 3 nitrogen and oxygen atoms in total. The number of hydrogen-bond donors (Lipinski definition) is 0. The van der Waals surface area contributed by atoms with Crippen LogP contribution in [0, 0.1) is 0 Å². The summed E-state index contributed by atoms with van der Waals surface area (Å²) >= 11 is 12.3. The molecule has 0 aliphatic carbocycles. The minimum absolute atomic E-state index is 0.122. The molecule has 0 saturated carbocycles. The molecule has 5 rings (SSSR count). The van der Waals surface area contributed by atoms with E-state index in [1.54, 1.807) is 28.8 Å². The van der Waals surface area contributed by atoms with Gasteiger partial charge in [0.05, 0.1) is 16.6 Å². The van der Waals surface area contributed by atoms with E-state index in [2.05, 4.69) is 0 Å². The van der Waals surface area contributed by atoms with Gasteiger partial charge in [-0.05, 0) is 64.9 Å². The number of nitrogens with zero attached hydrogens (tertiary/aromatic N) is 2. The number of aromatic nitrogens is 2. The number of rotatable bonds is 3. The van der Waals surface area contributed by atoms with Crippen molar-refractivity contribution in [2.24, 2.45) is 0 Å². The third-order valence-electron chi connectivity index (χ3n) is 5.17. The van der Waals surface area contributed by atoms with E-state index in [1.165, 1.54) is 0 Å². The lowest BCUT2D eigenvalue weighted by Gasteiger charge is -2.12. The van der Waals surface area contributed by atoms with Gasteiger partial charge in [0, 0.05) is 10.0 Å². The fraction of sp³-hybridized carbons (Fsp3) is 0. The second-order valence-electron chi connectivity index (χ2n) is 7.16. The van der Waals surface area contributed by atoms with Crippen molar-refractivity contribution < 1.29 is 0 Å². The van der Waals surface area contributed by atoms with E-state index in [1.807, 2.05) is 72.8 Å². The first-order valence-corrected chi connectivity index (χ1v) is 10.5. The van der Waals surface area contributed by atoms with Crippen LogP contribution in [-0.4, -0.2) is 9.55 Å². The van der Waals surface area contributed by atoms with Crippen molar-refractivity contribution in [1.29, 1.82) is 0 Å². The molecule has 1 heterocycles. The fourth-order valence-corrected chi connectivity index (χ4v) is 4.10. The van der Waals surface area contributed by atoms with Crippen LogP contribution in [0.5, 0.6) is 0 Å². The van der Waals surface area contributed by atoms with E-state index in [-0.39, 0.29) is 5.56 Å². The second kappa shape index (κ2) is 8.03. The Morgan fingerprint density at radius 3 is 2.39 bits per heavy atom. The molecule has 5 heteroatoms. The lowest BCUT2D eigenvalue weighted by molar-refractivity contribution is 0.946. The minimum atomic E-state index is -0.122. The maximum atomic E-state index is 13.5. The van der Waals surface area contributed by atoms with Gasteiger partial charge in [0.25, 0.3) is 5.56 Å². The summed E-state index contributed by atoms with van der Waals surface area (Å²) in [5, 5.41) is 3.83. The predicted molar refractivity (Wildman–Crippen MR) is 130 cm³/mol. The molecule has 0 atom stereocenters. The highest BCUT2D eigenvalue weighted by Gasteiger charge is 2.11. The Labute approximate surface area is 188 Å². The van der Waals surface area contributed by atoms with Crippen molar-refractivity contribution in [3.8, 4) is 5.69 Å². The van der Waals surface area contributed by atoms with E-state index >= 15 is 0 Å². The van der Waals surface area contributed by atoms with Gasteiger partial charge in [0.15, 0.2) is 0 Å². The smallest absolute Gasteiger partial charge is 0.266 e. The first-order valence-electron chi connectivity index (χ1n) is 9.74. The molecule has 31 heavy (non-hydrogen) atoms. The third kappa shape index (κ3) is 3.74. The summed E-state index contributed by atoms with van der Waals surface area (Å²) in [5.74, 6) is 0.519. The molecule has 150 valence electrons. The van der Waals surface area contributed by atoms with Crippen molar-refractivity contribution in [3.63, 3.8) is 0 Å². The van der Waals surface area contributed by atoms with Gasteiger partial charge in [-0.2, -0.15) is 0 Å². The van der Waals surface area contributed by atoms with Gasteiger partial charge in [0.1, 0.15) is 5.82 Å². The van der Waals surface area contributed by atoms with Gasteiger partial charge < -0.3 is 0 Å². The monoisotopic (exact) mass is 442 g/mol. The van der Waals surface area contributed by atoms with Crippen LogP contribution >= 0.6 is 23.2 Å². The number of para-hydroxylation sites is 1. The predicted octanol–water partition coefficient (Wildman–Crippen LogP) is 7.02. The van der Waals surface area contributed by atoms with Gasteiger partial charge in [-0.1, -0.05) is 71.7 Å². The highest BCUT2D eigenvalue weighted by atomic mass is 35.5. The van der Waals surface area contributed by atoms with Gasteiger partial charge in [-0.15, -0.1) is 0 Å². The Balaban J connectivity index is 1.74. The average molecular weight is 443 g/mol. The van der Waals surface area contributed by atoms with Crippen molar-refractivity contribution in [3.05, 3.63) is 117 Å². The maximum Gasteiger partial charge on any atom is 0.266 e. The first-order chi connectivity index (χ1) is 15.1. The molecule has 0 fully saturated rings. The Morgan fingerprint density at radius 2 is 1.55 bits per heavy atom. The highest BCUT2D eigenvalue weighted by Crippen LogP contribution is 2.24. The zero-order chi connectivity index (χ0) is 21.4.